The average Bonchev–Trinajstić information content (AvgIpc) is 3.33. The van der Waals surface area contributed by atoms with Gasteiger partial charge in [-0.2, -0.15) is 0 Å². The Bertz CT molecular complexity index is 1630. The maximum absolute atomic E-state index is 7.81. The zero-order valence-electron chi connectivity index (χ0n) is 40.6. The number of hydrogen-bond acceptors (Lipinski definition) is 3. The molecule has 2 heterocycles. The Labute approximate surface area is 386 Å². The fourth-order valence-electron chi connectivity index (χ4n) is 11.0. The first-order valence-electron chi connectivity index (χ1n) is 26.8. The van der Waals surface area contributed by atoms with Gasteiger partial charge in [0.2, 0.25) is 0 Å². The number of pyridine rings is 2. The molecule has 0 saturated heterocycles. The molecule has 0 spiro atoms. The van der Waals surface area contributed by atoms with Crippen LogP contribution in [0.1, 0.15) is 229 Å². The predicted molar refractivity (Wildman–Crippen MR) is 270 cm³/mol. The first-order chi connectivity index (χ1) is 31.1. The summed E-state index contributed by atoms with van der Waals surface area (Å²) >= 11 is 0. The van der Waals surface area contributed by atoms with Crippen molar-refractivity contribution in [1.29, 1.82) is 0 Å². The monoisotopic (exact) mass is 853 g/mol. The molecule has 63 heavy (non-hydrogen) atoms. The van der Waals surface area contributed by atoms with Crippen LogP contribution in [0.5, 0.6) is 0 Å². The predicted octanol–water partition coefficient (Wildman–Crippen LogP) is 18.4. The van der Waals surface area contributed by atoms with Crippen LogP contribution < -0.4 is 0 Å². The second-order valence-corrected chi connectivity index (χ2v) is 20.2. The van der Waals surface area contributed by atoms with Crippen LogP contribution in [0.3, 0.4) is 0 Å². The number of hydrogen-bond donors (Lipinski definition) is 0. The molecular formula is C60H88N2O. The Morgan fingerprint density at radius 3 is 1.13 bits per heavy atom. The molecule has 0 radical (unpaired) electrons. The van der Waals surface area contributed by atoms with Gasteiger partial charge in [-0.25, -0.2) is 0 Å². The minimum atomic E-state index is 0.0846. The van der Waals surface area contributed by atoms with E-state index in [2.05, 4.69) is 113 Å². The normalized spacial score (nSPS) is 20.1. The van der Waals surface area contributed by atoms with Gasteiger partial charge in [-0.1, -0.05) is 217 Å². The molecule has 3 heteroatoms. The number of ether oxygens (including phenoxy) is 1. The van der Waals surface area contributed by atoms with Crippen molar-refractivity contribution < 1.29 is 4.74 Å². The lowest BCUT2D eigenvalue weighted by Crippen LogP contribution is -2.28. The number of nitrogens with zero attached hydrogens (tertiary/aromatic N) is 2. The van der Waals surface area contributed by atoms with Crippen LogP contribution in [0.4, 0.5) is 0 Å². The van der Waals surface area contributed by atoms with E-state index in [1.54, 1.807) is 0 Å². The zero-order valence-corrected chi connectivity index (χ0v) is 40.6. The lowest BCUT2D eigenvalue weighted by Gasteiger charge is -2.40. The van der Waals surface area contributed by atoms with Crippen molar-refractivity contribution in [2.45, 2.75) is 220 Å². The smallest absolute Gasteiger partial charge is 0.0861 e. The molecule has 2 aliphatic rings. The summed E-state index contributed by atoms with van der Waals surface area (Å²) in [6.45, 7) is 9.19. The molecule has 2 aliphatic carbocycles. The molecule has 0 N–H and O–H groups in total. The summed E-state index contributed by atoms with van der Waals surface area (Å²) in [5.74, 6) is 2.83. The average molecular weight is 853 g/mol. The highest BCUT2D eigenvalue weighted by Gasteiger charge is 2.36. The lowest BCUT2D eigenvalue weighted by molar-refractivity contribution is -0.0907. The van der Waals surface area contributed by atoms with Crippen molar-refractivity contribution in [1.82, 2.24) is 9.97 Å². The Hall–Kier alpha value is -3.30. The Morgan fingerprint density at radius 1 is 0.413 bits per heavy atom. The van der Waals surface area contributed by atoms with Gasteiger partial charge in [0.25, 0.3) is 0 Å². The molecule has 2 atom stereocenters. The number of unbranched alkanes of at least 4 members (excludes halogenated alkanes) is 12. The van der Waals surface area contributed by atoms with E-state index in [-0.39, 0.29) is 12.2 Å². The van der Waals surface area contributed by atoms with E-state index in [4.69, 9.17) is 14.7 Å². The van der Waals surface area contributed by atoms with Crippen LogP contribution in [0.15, 0.2) is 85.2 Å². The van der Waals surface area contributed by atoms with Crippen molar-refractivity contribution in [2.75, 3.05) is 0 Å². The third-order valence-corrected chi connectivity index (χ3v) is 15.2. The van der Waals surface area contributed by atoms with Crippen molar-refractivity contribution >= 4 is 0 Å². The van der Waals surface area contributed by atoms with Crippen molar-refractivity contribution in [2.24, 2.45) is 23.7 Å². The first kappa shape index (κ1) is 49.1. The molecule has 2 saturated carbocycles. The molecule has 4 aromatic rings. The van der Waals surface area contributed by atoms with Gasteiger partial charge in [0, 0.05) is 23.5 Å². The van der Waals surface area contributed by atoms with Crippen LogP contribution in [-0.2, 0) is 17.6 Å². The van der Waals surface area contributed by atoms with E-state index in [1.807, 2.05) is 0 Å². The zero-order chi connectivity index (χ0) is 43.9. The molecule has 3 nitrogen and oxygen atoms in total. The van der Waals surface area contributed by atoms with E-state index in [0.29, 0.717) is 11.8 Å². The first-order valence-corrected chi connectivity index (χ1v) is 26.8. The molecule has 6 rings (SSSR count). The number of aromatic nitrogens is 2. The highest BCUT2D eigenvalue weighted by molar-refractivity contribution is 5.60. The van der Waals surface area contributed by atoms with Gasteiger partial charge in [-0.15, -0.1) is 0 Å². The molecular weight excluding hydrogens is 765 g/mol. The molecule has 0 amide bonds. The summed E-state index contributed by atoms with van der Waals surface area (Å²) in [5, 5.41) is 0. The summed E-state index contributed by atoms with van der Waals surface area (Å²) < 4.78 is 7.81. The van der Waals surface area contributed by atoms with Gasteiger partial charge < -0.3 is 4.74 Å². The van der Waals surface area contributed by atoms with Crippen LogP contribution >= 0.6 is 0 Å². The number of aryl methyl sites for hydroxylation is 2. The van der Waals surface area contributed by atoms with E-state index in [1.165, 1.54) is 200 Å². The summed E-state index contributed by atoms with van der Waals surface area (Å²) in [4.78, 5) is 9.88. The lowest BCUT2D eigenvalue weighted by atomic mass is 9.74. The van der Waals surface area contributed by atoms with Gasteiger partial charge in [-0.3, -0.25) is 9.97 Å². The SMILES string of the molecule is CCCCCCC[C@H]1CC[C@H](C(OC(c2ccc(-c3ccc(CCCCC)cn3)cc2)[C@H]2CC[C@H](CCCCCCC)CC2)c2ccc(-c3ccc(CCCCC)cn3)cc2)CC1. The van der Waals surface area contributed by atoms with Gasteiger partial charge in [-0.05, 0) is 109 Å². The fraction of sp³-hybridized carbons (Fsp3) is 0.633. The Balaban J connectivity index is 1.22. The largest absolute Gasteiger partial charge is 0.365 e. The van der Waals surface area contributed by atoms with Crippen LogP contribution in [-0.4, -0.2) is 9.97 Å². The van der Waals surface area contributed by atoms with Gasteiger partial charge in [0.15, 0.2) is 0 Å². The molecule has 2 aromatic heterocycles. The third kappa shape index (κ3) is 16.0. The van der Waals surface area contributed by atoms with Crippen LogP contribution in [0, 0.1) is 23.7 Å². The van der Waals surface area contributed by atoms with Crippen molar-refractivity contribution in [3.05, 3.63) is 107 Å². The van der Waals surface area contributed by atoms with Gasteiger partial charge in [0.1, 0.15) is 0 Å². The summed E-state index contributed by atoms with van der Waals surface area (Å²) in [6, 6.07) is 27.9. The molecule has 2 unspecified atom stereocenters. The molecule has 2 fully saturated rings. The quantitative estimate of drug-likeness (QED) is 0.0534. The fourth-order valence-corrected chi connectivity index (χ4v) is 11.0. The maximum Gasteiger partial charge on any atom is 0.0861 e. The minimum absolute atomic E-state index is 0.0846. The van der Waals surface area contributed by atoms with Crippen molar-refractivity contribution in [3.8, 4) is 22.5 Å². The second kappa shape index (κ2) is 27.9. The standard InChI is InChI=1S/C60H88N2O/c1-5-9-13-15-19-21-47-25-31-53(32-26-47)59(55-39-35-51(36-40-55)57-43-29-49(45-61-57)23-17-11-7-3)63-60(54-33-27-48(28-34-54)22-20-16-14-10-6-2)56-41-37-52(38-42-56)58-44-30-50(46-62-58)24-18-12-8-4/h29-30,35-48,53-54,59-60H,5-28,31-34H2,1-4H3/t47-,48-,53-,54-,59?,60?. The summed E-state index contributed by atoms with van der Waals surface area (Å²) in [5.41, 5.74) is 9.94. The summed E-state index contributed by atoms with van der Waals surface area (Å²) in [6.07, 6.45) is 41.3. The Morgan fingerprint density at radius 2 is 0.778 bits per heavy atom. The Kier molecular flexibility index (Phi) is 21.8. The van der Waals surface area contributed by atoms with Gasteiger partial charge in [0.05, 0.1) is 23.6 Å². The topological polar surface area (TPSA) is 35.0 Å². The highest BCUT2D eigenvalue weighted by atomic mass is 16.5. The number of rotatable bonds is 28. The maximum atomic E-state index is 7.81. The van der Waals surface area contributed by atoms with E-state index < -0.39 is 0 Å². The molecule has 0 bridgehead atoms. The van der Waals surface area contributed by atoms with Crippen molar-refractivity contribution in [3.63, 3.8) is 0 Å². The second-order valence-electron chi connectivity index (χ2n) is 20.2. The minimum Gasteiger partial charge on any atom is -0.365 e. The van der Waals surface area contributed by atoms with E-state index >= 15 is 0 Å². The van der Waals surface area contributed by atoms with Gasteiger partial charge >= 0.3 is 0 Å². The summed E-state index contributed by atoms with van der Waals surface area (Å²) in [7, 11) is 0. The highest BCUT2D eigenvalue weighted by Crippen LogP contribution is 2.47. The molecule has 0 aliphatic heterocycles. The third-order valence-electron chi connectivity index (χ3n) is 15.2. The van der Waals surface area contributed by atoms with E-state index in [0.717, 1.165) is 36.1 Å². The van der Waals surface area contributed by atoms with E-state index in [9.17, 15) is 0 Å². The number of benzene rings is 2. The van der Waals surface area contributed by atoms with Crippen LogP contribution in [0.25, 0.3) is 22.5 Å². The molecule has 2 aromatic carbocycles. The van der Waals surface area contributed by atoms with Crippen LogP contribution in [0.2, 0.25) is 0 Å². The molecule has 344 valence electrons.